The monoisotopic (exact) mass is 361 g/mol. The van der Waals surface area contributed by atoms with E-state index >= 15 is 0 Å². The zero-order chi connectivity index (χ0) is 16.3. The second-order valence-corrected chi connectivity index (χ2v) is 8.18. The maximum Gasteiger partial charge on any atom is 0.242 e. The summed E-state index contributed by atoms with van der Waals surface area (Å²) in [5.41, 5.74) is 6.60. The maximum atomic E-state index is 11.8. The van der Waals surface area contributed by atoms with Crippen LogP contribution in [0, 0.1) is 12.8 Å². The molecule has 22 heavy (non-hydrogen) atoms. The van der Waals surface area contributed by atoms with Gasteiger partial charge in [0, 0.05) is 10.7 Å². The van der Waals surface area contributed by atoms with E-state index in [0.717, 1.165) is 5.56 Å². The smallest absolute Gasteiger partial charge is 0.242 e. The number of thiocarbonyl (C=S) groups is 1. The molecule has 9 heteroatoms. The minimum absolute atomic E-state index is 0.0512. The molecule has 1 atom stereocenters. The highest BCUT2D eigenvalue weighted by Gasteiger charge is 2.32. The van der Waals surface area contributed by atoms with Gasteiger partial charge in [-0.15, -0.1) is 0 Å². The largest absolute Gasteiger partial charge is 0.331 e. The number of hydrazine groups is 1. The van der Waals surface area contributed by atoms with E-state index in [1.165, 1.54) is 0 Å². The summed E-state index contributed by atoms with van der Waals surface area (Å²) in [5, 5.41) is 3.67. The van der Waals surface area contributed by atoms with Crippen molar-refractivity contribution in [2.45, 2.75) is 13.3 Å². The first-order valence-electron chi connectivity index (χ1n) is 6.60. The lowest BCUT2D eigenvalue weighted by Gasteiger charge is -2.14. The first kappa shape index (κ1) is 17.0. The molecule has 1 heterocycles. The van der Waals surface area contributed by atoms with Crippen LogP contribution in [-0.2, 0) is 14.6 Å². The third-order valence-electron chi connectivity index (χ3n) is 3.33. The highest BCUT2D eigenvalue weighted by Crippen LogP contribution is 2.20. The number of benzene rings is 1. The summed E-state index contributed by atoms with van der Waals surface area (Å²) in [4.78, 5) is 11.8. The van der Waals surface area contributed by atoms with Crippen molar-refractivity contribution in [1.82, 2.24) is 10.9 Å². The van der Waals surface area contributed by atoms with Gasteiger partial charge in [0.15, 0.2) is 14.9 Å². The van der Waals surface area contributed by atoms with Gasteiger partial charge in [-0.2, -0.15) is 0 Å². The molecule has 0 unspecified atom stereocenters. The van der Waals surface area contributed by atoms with E-state index in [0.29, 0.717) is 17.1 Å². The number of carbonyl (C=O) groups is 1. The molecule has 0 aromatic heterocycles. The lowest BCUT2D eigenvalue weighted by atomic mass is 10.1. The van der Waals surface area contributed by atoms with Gasteiger partial charge in [-0.1, -0.05) is 17.7 Å². The van der Waals surface area contributed by atoms with E-state index < -0.39 is 15.8 Å². The van der Waals surface area contributed by atoms with Crippen LogP contribution in [0.3, 0.4) is 0 Å². The molecular weight excluding hydrogens is 346 g/mol. The fourth-order valence-electron chi connectivity index (χ4n) is 2.06. The van der Waals surface area contributed by atoms with E-state index in [1.807, 2.05) is 13.0 Å². The molecule has 1 amide bonds. The van der Waals surface area contributed by atoms with Crippen LogP contribution >= 0.6 is 23.8 Å². The van der Waals surface area contributed by atoms with Gasteiger partial charge in [-0.3, -0.25) is 15.6 Å². The Morgan fingerprint density at radius 3 is 2.68 bits per heavy atom. The molecule has 1 saturated heterocycles. The van der Waals surface area contributed by atoms with Crippen LogP contribution in [0.1, 0.15) is 12.0 Å². The molecule has 3 N–H and O–H groups in total. The van der Waals surface area contributed by atoms with Crippen molar-refractivity contribution in [2.24, 2.45) is 5.92 Å². The van der Waals surface area contributed by atoms with Crippen molar-refractivity contribution in [2.75, 3.05) is 16.8 Å². The Kier molecular flexibility index (Phi) is 5.25. The second-order valence-electron chi connectivity index (χ2n) is 5.13. The minimum atomic E-state index is -3.09. The van der Waals surface area contributed by atoms with Crippen LogP contribution < -0.4 is 16.2 Å². The number of rotatable bonds is 2. The molecule has 0 aliphatic carbocycles. The van der Waals surface area contributed by atoms with Crippen molar-refractivity contribution >= 4 is 50.4 Å². The van der Waals surface area contributed by atoms with Crippen LogP contribution in [0.4, 0.5) is 5.69 Å². The quantitative estimate of drug-likeness (QED) is 0.545. The average Bonchev–Trinajstić information content (AvgIpc) is 2.81. The molecule has 0 spiro atoms. The Bertz CT molecular complexity index is 706. The molecule has 1 aliphatic rings. The zero-order valence-corrected chi connectivity index (χ0v) is 14.2. The lowest BCUT2D eigenvalue weighted by molar-refractivity contribution is -0.124. The molecule has 2 rings (SSSR count). The summed E-state index contributed by atoms with van der Waals surface area (Å²) in [6, 6.07) is 5.37. The molecule has 0 saturated carbocycles. The molecular formula is C13H16ClN3O3S2. The summed E-state index contributed by atoms with van der Waals surface area (Å²) >= 11 is 11.1. The SMILES string of the molecule is Cc1ccc(NC(=S)NNC(=O)[C@H]2CCS(=O)(=O)C2)cc1Cl. The molecule has 6 nitrogen and oxygen atoms in total. The lowest BCUT2D eigenvalue weighted by Crippen LogP contribution is -2.46. The summed E-state index contributed by atoms with van der Waals surface area (Å²) in [6.07, 6.45) is 0.337. The number of hydrogen-bond donors (Lipinski definition) is 3. The van der Waals surface area contributed by atoms with Gasteiger partial charge in [0.2, 0.25) is 5.91 Å². The summed E-state index contributed by atoms with van der Waals surface area (Å²) < 4.78 is 22.7. The first-order chi connectivity index (χ1) is 10.3. The van der Waals surface area contributed by atoms with Gasteiger partial charge in [0.05, 0.1) is 17.4 Å². The normalized spacial score (nSPS) is 19.5. The average molecular weight is 362 g/mol. The van der Waals surface area contributed by atoms with Gasteiger partial charge in [0.1, 0.15) is 0 Å². The fourth-order valence-corrected chi connectivity index (χ4v) is 4.15. The van der Waals surface area contributed by atoms with E-state index in [2.05, 4.69) is 16.2 Å². The molecule has 1 aromatic rings. The standard InChI is InChI=1S/C13H16ClN3O3S2/c1-8-2-3-10(6-11(8)14)15-13(21)17-16-12(18)9-4-5-22(19,20)7-9/h2-3,6,9H,4-5,7H2,1H3,(H,16,18)(H2,15,17,21)/t9-/m0/s1. The number of halogens is 1. The minimum Gasteiger partial charge on any atom is -0.331 e. The van der Waals surface area contributed by atoms with Gasteiger partial charge in [-0.25, -0.2) is 8.42 Å². The molecule has 0 bridgehead atoms. The zero-order valence-electron chi connectivity index (χ0n) is 11.8. The van der Waals surface area contributed by atoms with Crippen molar-refractivity contribution in [3.63, 3.8) is 0 Å². The Morgan fingerprint density at radius 1 is 1.36 bits per heavy atom. The van der Waals surface area contributed by atoms with Crippen molar-refractivity contribution in [3.05, 3.63) is 28.8 Å². The summed E-state index contributed by atoms with van der Waals surface area (Å²) in [5.74, 6) is -0.981. The van der Waals surface area contributed by atoms with Crippen LogP contribution in [0.15, 0.2) is 18.2 Å². The fraction of sp³-hybridized carbons (Fsp3) is 0.385. The number of aryl methyl sites for hydroxylation is 1. The van der Waals surface area contributed by atoms with E-state index in [9.17, 15) is 13.2 Å². The van der Waals surface area contributed by atoms with Crippen molar-refractivity contribution in [3.8, 4) is 0 Å². The number of hydrogen-bond acceptors (Lipinski definition) is 4. The Hall–Kier alpha value is -1.38. The predicted molar refractivity (Wildman–Crippen MR) is 90.4 cm³/mol. The molecule has 0 radical (unpaired) electrons. The number of amides is 1. The molecule has 120 valence electrons. The van der Waals surface area contributed by atoms with Gasteiger partial charge in [-0.05, 0) is 43.3 Å². The van der Waals surface area contributed by atoms with Crippen molar-refractivity contribution in [1.29, 1.82) is 0 Å². The summed E-state index contributed by atoms with van der Waals surface area (Å²) in [6.45, 7) is 1.89. The number of sulfone groups is 1. The molecule has 1 aliphatic heterocycles. The molecule has 1 aromatic carbocycles. The van der Waals surface area contributed by atoms with Gasteiger partial charge >= 0.3 is 0 Å². The van der Waals surface area contributed by atoms with E-state index in [-0.39, 0.29) is 22.5 Å². The van der Waals surface area contributed by atoms with E-state index in [4.69, 9.17) is 23.8 Å². The Labute approximate surface area is 139 Å². The highest BCUT2D eigenvalue weighted by molar-refractivity contribution is 7.91. The number of carbonyl (C=O) groups excluding carboxylic acids is 1. The Balaban J connectivity index is 1.82. The third-order valence-corrected chi connectivity index (χ3v) is 5.71. The highest BCUT2D eigenvalue weighted by atomic mass is 35.5. The van der Waals surface area contributed by atoms with Gasteiger partial charge < -0.3 is 5.32 Å². The second kappa shape index (κ2) is 6.80. The van der Waals surface area contributed by atoms with Crippen LogP contribution in [0.25, 0.3) is 0 Å². The van der Waals surface area contributed by atoms with Crippen LogP contribution in [0.2, 0.25) is 5.02 Å². The van der Waals surface area contributed by atoms with Crippen LogP contribution in [0.5, 0.6) is 0 Å². The number of nitrogens with one attached hydrogen (secondary N) is 3. The molecule has 1 fully saturated rings. The van der Waals surface area contributed by atoms with Crippen LogP contribution in [-0.4, -0.2) is 30.9 Å². The van der Waals surface area contributed by atoms with E-state index in [1.54, 1.807) is 12.1 Å². The third kappa shape index (κ3) is 4.56. The first-order valence-corrected chi connectivity index (χ1v) is 9.21. The predicted octanol–water partition coefficient (Wildman–Crippen LogP) is 1.40. The van der Waals surface area contributed by atoms with Crippen molar-refractivity contribution < 1.29 is 13.2 Å². The van der Waals surface area contributed by atoms with Gasteiger partial charge in [0.25, 0.3) is 0 Å². The topological polar surface area (TPSA) is 87.3 Å². The Morgan fingerprint density at radius 2 is 2.09 bits per heavy atom. The number of anilines is 1. The maximum absolute atomic E-state index is 11.8. The summed E-state index contributed by atoms with van der Waals surface area (Å²) in [7, 11) is -3.09.